The highest BCUT2D eigenvalue weighted by Gasteiger charge is 2.44. The first kappa shape index (κ1) is 18.2. The van der Waals surface area contributed by atoms with E-state index in [4.69, 9.17) is 9.84 Å². The normalized spacial score (nSPS) is 24.0. The first-order chi connectivity index (χ1) is 11.3. The number of aliphatic carboxylic acids is 1. The van der Waals surface area contributed by atoms with Crippen molar-refractivity contribution in [2.45, 2.75) is 32.4 Å². The lowest BCUT2D eigenvalue weighted by Crippen LogP contribution is -2.69. The van der Waals surface area contributed by atoms with E-state index in [1.807, 2.05) is 13.8 Å². The molecule has 2 N–H and O–H groups in total. The number of piperazine rings is 2. The molecule has 0 aromatic rings. The molecule has 3 amide bonds. The molecule has 2 saturated heterocycles. The SMILES string of the molecule is CC(C)CC1NC(=O)C2CN(C(=O)COCC(=O)O)CCN2C1=O. The topological polar surface area (TPSA) is 116 Å². The lowest BCUT2D eigenvalue weighted by molar-refractivity contribution is -0.157. The summed E-state index contributed by atoms with van der Waals surface area (Å²) in [5.74, 6) is -1.63. The van der Waals surface area contributed by atoms with Crippen molar-refractivity contribution >= 4 is 23.7 Å². The van der Waals surface area contributed by atoms with Gasteiger partial charge in [0.1, 0.15) is 25.3 Å². The molecule has 0 bridgehead atoms. The number of amides is 3. The number of carbonyl (C=O) groups excluding carboxylic acids is 3. The van der Waals surface area contributed by atoms with Crippen LogP contribution in [-0.2, 0) is 23.9 Å². The quantitative estimate of drug-likeness (QED) is 0.618. The second-order valence-corrected chi connectivity index (χ2v) is 6.46. The van der Waals surface area contributed by atoms with E-state index < -0.39 is 24.7 Å². The summed E-state index contributed by atoms with van der Waals surface area (Å²) in [6, 6.07) is -1.20. The summed E-state index contributed by atoms with van der Waals surface area (Å²) in [5.41, 5.74) is 0. The van der Waals surface area contributed by atoms with E-state index in [1.54, 1.807) is 0 Å². The van der Waals surface area contributed by atoms with E-state index in [2.05, 4.69) is 5.32 Å². The van der Waals surface area contributed by atoms with Crippen LogP contribution in [0.1, 0.15) is 20.3 Å². The van der Waals surface area contributed by atoms with E-state index in [0.29, 0.717) is 13.0 Å². The Hall–Kier alpha value is -2.16. The highest BCUT2D eigenvalue weighted by Crippen LogP contribution is 2.19. The fourth-order valence-electron chi connectivity index (χ4n) is 2.98. The fourth-order valence-corrected chi connectivity index (χ4v) is 2.98. The van der Waals surface area contributed by atoms with Crippen molar-refractivity contribution in [2.75, 3.05) is 32.8 Å². The van der Waals surface area contributed by atoms with Crippen molar-refractivity contribution in [3.63, 3.8) is 0 Å². The lowest BCUT2D eigenvalue weighted by atomic mass is 9.97. The van der Waals surface area contributed by atoms with Gasteiger partial charge in [0.15, 0.2) is 0 Å². The number of nitrogens with zero attached hydrogens (tertiary/aromatic N) is 2. The van der Waals surface area contributed by atoms with Crippen molar-refractivity contribution in [1.82, 2.24) is 15.1 Å². The zero-order chi connectivity index (χ0) is 17.9. The molecule has 2 atom stereocenters. The predicted molar refractivity (Wildman–Crippen MR) is 81.9 cm³/mol. The number of carbonyl (C=O) groups is 4. The maximum absolute atomic E-state index is 12.5. The highest BCUT2D eigenvalue weighted by molar-refractivity contribution is 5.97. The van der Waals surface area contributed by atoms with Crippen LogP contribution in [-0.4, -0.2) is 83.5 Å². The number of hydrogen-bond donors (Lipinski definition) is 2. The number of carboxylic acids is 1. The van der Waals surface area contributed by atoms with Crippen molar-refractivity contribution < 1.29 is 29.0 Å². The second-order valence-electron chi connectivity index (χ2n) is 6.46. The Labute approximate surface area is 139 Å². The molecule has 134 valence electrons. The predicted octanol–water partition coefficient (Wildman–Crippen LogP) is -1.33. The van der Waals surface area contributed by atoms with E-state index in [1.165, 1.54) is 9.80 Å². The Kier molecular flexibility index (Phi) is 5.76. The number of carboxylic acid groups (broad SMARTS) is 1. The van der Waals surface area contributed by atoms with Crippen LogP contribution in [0.5, 0.6) is 0 Å². The molecule has 2 aliphatic heterocycles. The lowest BCUT2D eigenvalue weighted by Gasteiger charge is -2.45. The minimum atomic E-state index is -1.15. The van der Waals surface area contributed by atoms with Crippen LogP contribution in [0.2, 0.25) is 0 Å². The van der Waals surface area contributed by atoms with Gasteiger partial charge in [-0.25, -0.2) is 4.79 Å². The van der Waals surface area contributed by atoms with E-state index in [-0.39, 0.29) is 43.3 Å². The third kappa shape index (κ3) is 4.22. The number of nitrogens with one attached hydrogen (secondary N) is 1. The van der Waals surface area contributed by atoms with Gasteiger partial charge in [-0.3, -0.25) is 14.4 Å². The van der Waals surface area contributed by atoms with Crippen LogP contribution in [0.25, 0.3) is 0 Å². The summed E-state index contributed by atoms with van der Waals surface area (Å²) >= 11 is 0. The molecule has 2 aliphatic rings. The van der Waals surface area contributed by atoms with E-state index in [9.17, 15) is 19.2 Å². The van der Waals surface area contributed by atoms with Gasteiger partial charge < -0.3 is 25.0 Å². The Bertz CT molecular complexity index is 535. The van der Waals surface area contributed by atoms with Gasteiger partial charge in [0.05, 0.1) is 6.54 Å². The minimum absolute atomic E-state index is 0.0984. The first-order valence-corrected chi connectivity index (χ1v) is 7.97. The molecule has 0 aromatic carbocycles. The van der Waals surface area contributed by atoms with E-state index >= 15 is 0 Å². The van der Waals surface area contributed by atoms with Gasteiger partial charge in [-0.2, -0.15) is 0 Å². The van der Waals surface area contributed by atoms with Crippen LogP contribution in [0.15, 0.2) is 0 Å². The summed E-state index contributed by atoms with van der Waals surface area (Å²) in [6.07, 6.45) is 0.583. The molecule has 24 heavy (non-hydrogen) atoms. The van der Waals surface area contributed by atoms with Crippen molar-refractivity contribution in [3.8, 4) is 0 Å². The monoisotopic (exact) mass is 341 g/mol. The number of ether oxygens (including phenoxy) is 1. The van der Waals surface area contributed by atoms with Crippen LogP contribution >= 0.6 is 0 Å². The van der Waals surface area contributed by atoms with Gasteiger partial charge in [-0.05, 0) is 12.3 Å². The third-order valence-corrected chi connectivity index (χ3v) is 4.09. The minimum Gasteiger partial charge on any atom is -0.480 e. The molecule has 2 heterocycles. The summed E-state index contributed by atoms with van der Waals surface area (Å²) in [6.45, 7) is 3.75. The maximum Gasteiger partial charge on any atom is 0.329 e. The molecule has 0 radical (unpaired) electrons. The number of rotatable bonds is 6. The zero-order valence-electron chi connectivity index (χ0n) is 13.9. The van der Waals surface area contributed by atoms with Crippen molar-refractivity contribution in [1.29, 1.82) is 0 Å². The fraction of sp³-hybridized carbons (Fsp3) is 0.733. The van der Waals surface area contributed by atoms with Crippen molar-refractivity contribution in [2.24, 2.45) is 5.92 Å². The van der Waals surface area contributed by atoms with E-state index in [0.717, 1.165) is 0 Å². The summed E-state index contributed by atoms with van der Waals surface area (Å²) in [4.78, 5) is 50.1. The van der Waals surface area contributed by atoms with Crippen molar-refractivity contribution in [3.05, 3.63) is 0 Å². The van der Waals surface area contributed by atoms with Gasteiger partial charge >= 0.3 is 5.97 Å². The van der Waals surface area contributed by atoms with Crippen LogP contribution in [0, 0.1) is 5.92 Å². The summed E-state index contributed by atoms with van der Waals surface area (Å²) in [7, 11) is 0. The van der Waals surface area contributed by atoms with Gasteiger partial charge in [0.2, 0.25) is 17.7 Å². The molecule has 0 aliphatic carbocycles. The third-order valence-electron chi connectivity index (χ3n) is 4.09. The largest absolute Gasteiger partial charge is 0.480 e. The maximum atomic E-state index is 12.5. The van der Waals surface area contributed by atoms with Gasteiger partial charge in [-0.15, -0.1) is 0 Å². The Morgan fingerprint density at radius 2 is 2.00 bits per heavy atom. The second kappa shape index (κ2) is 7.61. The molecule has 0 spiro atoms. The molecule has 0 aromatic heterocycles. The Morgan fingerprint density at radius 1 is 1.29 bits per heavy atom. The van der Waals surface area contributed by atoms with Gasteiger partial charge in [0.25, 0.3) is 0 Å². The Balaban J connectivity index is 1.94. The summed E-state index contributed by atoms with van der Waals surface area (Å²) < 4.78 is 4.78. The molecular formula is C15H23N3O6. The highest BCUT2D eigenvalue weighted by atomic mass is 16.5. The first-order valence-electron chi connectivity index (χ1n) is 7.97. The molecule has 2 rings (SSSR count). The molecule has 9 heteroatoms. The molecule has 2 unspecified atom stereocenters. The number of fused-ring (bicyclic) bond motifs is 1. The molecular weight excluding hydrogens is 318 g/mol. The molecule has 9 nitrogen and oxygen atoms in total. The number of hydrogen-bond acceptors (Lipinski definition) is 5. The summed E-state index contributed by atoms with van der Waals surface area (Å²) in [5, 5.41) is 11.2. The zero-order valence-corrected chi connectivity index (χ0v) is 13.9. The standard InChI is InChI=1S/C15H23N3O6/c1-9(2)5-10-15(23)18-4-3-17(6-11(18)14(22)16-10)12(19)7-24-8-13(20)21/h9-11H,3-8H2,1-2H3,(H,16,22)(H,20,21). The van der Waals surface area contributed by atoms with Gasteiger partial charge in [-0.1, -0.05) is 13.8 Å². The Morgan fingerprint density at radius 3 is 2.62 bits per heavy atom. The van der Waals surface area contributed by atoms with Crippen LogP contribution < -0.4 is 5.32 Å². The molecule has 2 fully saturated rings. The average molecular weight is 341 g/mol. The molecule has 0 saturated carbocycles. The average Bonchev–Trinajstić information content (AvgIpc) is 2.51. The van der Waals surface area contributed by atoms with Crippen LogP contribution in [0.3, 0.4) is 0 Å². The smallest absolute Gasteiger partial charge is 0.329 e. The van der Waals surface area contributed by atoms with Crippen LogP contribution in [0.4, 0.5) is 0 Å². The van der Waals surface area contributed by atoms with Gasteiger partial charge in [0, 0.05) is 13.1 Å².